The summed E-state index contributed by atoms with van der Waals surface area (Å²) < 4.78 is 34.7. The Morgan fingerprint density at radius 1 is 0.372 bits per heavy atom. The van der Waals surface area contributed by atoms with Gasteiger partial charge in [0.1, 0.15) is 19.8 Å². The molecule has 0 bridgehead atoms. The molecule has 2 atom stereocenters. The number of rotatable bonds is 68. The number of nitrogens with zero attached hydrogens (tertiary/aromatic N) is 1. The van der Waals surface area contributed by atoms with E-state index in [1.54, 1.807) is 0 Å². The molecule has 0 aliphatic rings. The summed E-state index contributed by atoms with van der Waals surface area (Å²) in [5.41, 5.74) is 0. The van der Waals surface area contributed by atoms with Gasteiger partial charge in [0.05, 0.1) is 27.7 Å². The number of likely N-dealkylation sites (N-methyl/N-ethyl adjacent to an activating group) is 1. The number of phosphoric ester groups is 1. The lowest BCUT2D eigenvalue weighted by atomic mass is 10.0. The fourth-order valence-electron chi connectivity index (χ4n) is 10.6. The maximum absolute atomic E-state index is 12.9. The van der Waals surface area contributed by atoms with Gasteiger partial charge in [0, 0.05) is 12.8 Å². The predicted octanol–water partition coefficient (Wildman–Crippen LogP) is 23.9. The van der Waals surface area contributed by atoms with Crippen LogP contribution in [0, 0.1) is 0 Å². The molecular formula is C76H141NO8P+. The van der Waals surface area contributed by atoms with Gasteiger partial charge in [0.25, 0.3) is 0 Å². The summed E-state index contributed by atoms with van der Waals surface area (Å²) in [6.45, 7) is 4.34. The summed E-state index contributed by atoms with van der Waals surface area (Å²) >= 11 is 0. The van der Waals surface area contributed by atoms with E-state index in [4.69, 9.17) is 18.5 Å². The number of ether oxygens (including phenoxy) is 2. The average Bonchev–Trinajstić information content (AvgIpc) is 3.67. The second kappa shape index (κ2) is 66.9. The van der Waals surface area contributed by atoms with E-state index >= 15 is 0 Å². The zero-order valence-electron chi connectivity index (χ0n) is 57.3. The lowest BCUT2D eigenvalue weighted by molar-refractivity contribution is -0.870. The van der Waals surface area contributed by atoms with Crippen molar-refractivity contribution >= 4 is 19.8 Å². The van der Waals surface area contributed by atoms with E-state index in [1.165, 1.54) is 238 Å². The Labute approximate surface area is 533 Å². The van der Waals surface area contributed by atoms with E-state index in [2.05, 4.69) is 86.8 Å². The van der Waals surface area contributed by atoms with Crippen LogP contribution in [0.2, 0.25) is 0 Å². The molecule has 0 spiro atoms. The molecule has 0 aromatic heterocycles. The van der Waals surface area contributed by atoms with Gasteiger partial charge in [-0.25, -0.2) is 4.57 Å². The molecule has 0 saturated heterocycles. The molecule has 0 fully saturated rings. The highest BCUT2D eigenvalue weighted by molar-refractivity contribution is 7.47. The Kier molecular flexibility index (Phi) is 64.9. The highest BCUT2D eigenvalue weighted by atomic mass is 31.2. The van der Waals surface area contributed by atoms with Crippen molar-refractivity contribution in [3.8, 4) is 0 Å². The first-order valence-corrected chi connectivity index (χ1v) is 38.2. The second-order valence-corrected chi connectivity index (χ2v) is 27.4. The van der Waals surface area contributed by atoms with Gasteiger partial charge in [-0.1, -0.05) is 324 Å². The van der Waals surface area contributed by atoms with Crippen LogP contribution in [0.25, 0.3) is 0 Å². The smallest absolute Gasteiger partial charge is 0.462 e. The first-order valence-electron chi connectivity index (χ1n) is 36.7. The van der Waals surface area contributed by atoms with Crippen LogP contribution in [0.1, 0.15) is 348 Å². The number of hydrogen-bond donors (Lipinski definition) is 1. The largest absolute Gasteiger partial charge is 0.472 e. The van der Waals surface area contributed by atoms with Crippen LogP contribution >= 0.6 is 7.82 Å². The summed E-state index contributed by atoms with van der Waals surface area (Å²) in [6.07, 6.45) is 90.4. The van der Waals surface area contributed by atoms with Crippen molar-refractivity contribution in [2.75, 3.05) is 47.5 Å². The monoisotopic (exact) mass is 1230 g/mol. The Morgan fingerprint density at radius 2 is 0.663 bits per heavy atom. The number of hydrogen-bond acceptors (Lipinski definition) is 7. The molecule has 0 radical (unpaired) electrons. The van der Waals surface area contributed by atoms with Crippen LogP contribution in [0.5, 0.6) is 0 Å². The van der Waals surface area contributed by atoms with Gasteiger partial charge in [-0.05, 0) is 83.5 Å². The molecule has 502 valence electrons. The van der Waals surface area contributed by atoms with E-state index in [-0.39, 0.29) is 32.0 Å². The highest BCUT2D eigenvalue weighted by Crippen LogP contribution is 2.43. The van der Waals surface area contributed by atoms with Gasteiger partial charge in [0.15, 0.2) is 6.10 Å². The van der Waals surface area contributed by atoms with Gasteiger partial charge in [-0.15, -0.1) is 0 Å². The lowest BCUT2D eigenvalue weighted by Crippen LogP contribution is -2.37. The molecule has 10 heteroatoms. The third-order valence-electron chi connectivity index (χ3n) is 16.2. The number of esters is 2. The Balaban J connectivity index is 3.89. The molecule has 1 N–H and O–H groups in total. The quantitative estimate of drug-likeness (QED) is 0.0211. The molecule has 0 aliphatic carbocycles. The van der Waals surface area contributed by atoms with E-state index in [1.807, 2.05) is 21.1 Å². The molecule has 0 saturated carbocycles. The van der Waals surface area contributed by atoms with Crippen molar-refractivity contribution in [3.05, 3.63) is 72.9 Å². The number of carbonyl (C=O) groups excluding carboxylic acids is 2. The minimum absolute atomic E-state index is 0.0292. The molecule has 9 nitrogen and oxygen atoms in total. The van der Waals surface area contributed by atoms with Crippen LogP contribution in [-0.2, 0) is 32.7 Å². The minimum Gasteiger partial charge on any atom is -0.462 e. The number of unbranched alkanes of at least 4 members (excludes halogenated alkanes) is 42. The molecule has 0 aromatic carbocycles. The second-order valence-electron chi connectivity index (χ2n) is 25.9. The number of phosphoric acid groups is 1. The zero-order valence-corrected chi connectivity index (χ0v) is 58.2. The highest BCUT2D eigenvalue weighted by Gasteiger charge is 2.27. The third-order valence-corrected chi connectivity index (χ3v) is 17.2. The summed E-state index contributed by atoms with van der Waals surface area (Å²) in [7, 11) is 1.48. The van der Waals surface area contributed by atoms with Crippen molar-refractivity contribution in [1.82, 2.24) is 0 Å². The van der Waals surface area contributed by atoms with Crippen LogP contribution < -0.4 is 0 Å². The maximum atomic E-state index is 12.9. The van der Waals surface area contributed by atoms with E-state index in [0.29, 0.717) is 17.4 Å². The topological polar surface area (TPSA) is 108 Å². The van der Waals surface area contributed by atoms with Crippen LogP contribution in [0.4, 0.5) is 0 Å². The van der Waals surface area contributed by atoms with Crippen molar-refractivity contribution in [3.63, 3.8) is 0 Å². The molecule has 0 heterocycles. The van der Waals surface area contributed by atoms with Crippen LogP contribution in [0.3, 0.4) is 0 Å². The maximum Gasteiger partial charge on any atom is 0.472 e. The van der Waals surface area contributed by atoms with E-state index in [9.17, 15) is 19.0 Å². The van der Waals surface area contributed by atoms with Crippen LogP contribution in [-0.4, -0.2) is 74.9 Å². The van der Waals surface area contributed by atoms with E-state index in [0.717, 1.165) is 77.0 Å². The molecule has 0 aromatic rings. The number of quaternary nitrogens is 1. The summed E-state index contributed by atoms with van der Waals surface area (Å²) in [5.74, 6) is -0.794. The summed E-state index contributed by atoms with van der Waals surface area (Å²) in [6, 6.07) is 0. The normalized spacial score (nSPS) is 13.5. The molecule has 2 unspecified atom stereocenters. The van der Waals surface area contributed by atoms with Gasteiger partial charge in [-0.3, -0.25) is 18.6 Å². The van der Waals surface area contributed by atoms with Crippen molar-refractivity contribution in [2.45, 2.75) is 354 Å². The molecule has 0 aliphatic heterocycles. The molecular weight excluding hydrogens is 1090 g/mol. The Morgan fingerprint density at radius 3 is 0.988 bits per heavy atom. The molecule has 86 heavy (non-hydrogen) atoms. The van der Waals surface area contributed by atoms with E-state index < -0.39 is 26.5 Å². The molecule has 0 amide bonds. The summed E-state index contributed by atoms with van der Waals surface area (Å²) in [5, 5.41) is 0. The number of carbonyl (C=O) groups is 2. The minimum atomic E-state index is -4.39. The van der Waals surface area contributed by atoms with Crippen molar-refractivity contribution in [1.29, 1.82) is 0 Å². The number of allylic oxidation sites excluding steroid dienone is 12. The van der Waals surface area contributed by atoms with Crippen molar-refractivity contribution in [2.24, 2.45) is 0 Å². The fraction of sp³-hybridized carbons (Fsp3) is 0.816. The first-order chi connectivity index (χ1) is 42.0. The zero-order chi connectivity index (χ0) is 62.6. The molecule has 0 rings (SSSR count). The van der Waals surface area contributed by atoms with Crippen molar-refractivity contribution < 1.29 is 42.1 Å². The fourth-order valence-corrected chi connectivity index (χ4v) is 11.4. The third kappa shape index (κ3) is 70.5. The van der Waals surface area contributed by atoms with Gasteiger partial charge < -0.3 is 18.9 Å². The van der Waals surface area contributed by atoms with Gasteiger partial charge in [0.2, 0.25) is 0 Å². The predicted molar refractivity (Wildman–Crippen MR) is 372 cm³/mol. The lowest BCUT2D eigenvalue weighted by Gasteiger charge is -2.24. The van der Waals surface area contributed by atoms with Crippen LogP contribution in [0.15, 0.2) is 72.9 Å². The standard InChI is InChI=1S/C76H140NO8P/c1-6-8-10-12-14-16-18-20-22-24-26-28-29-30-31-32-33-34-35-36-37-38-39-40-41-42-43-44-45-46-47-49-50-52-54-56-58-60-62-64-66-68-75(78)82-72-74(73-84-86(80,81)83-71-70-77(3,4)5)85-76(79)69-67-65-63-61-59-57-55-53-51-48-27-25-23-21-19-17-15-13-11-9-7-2/h9,11,15,17-18,20-21,23-24,26-27,48,74H,6-8,10,12-14,16,19,22,25,28-47,49-73H2,1-5H3/p+1/b11-9-,17-15-,20-18-,23-21-,26-24-,48-27-. The van der Waals surface area contributed by atoms with Gasteiger partial charge >= 0.3 is 19.8 Å². The SMILES string of the molecule is CC/C=C\C/C=C\C/C=C\C/C=C\CCCCCCCCCCC(=O)OC(COC(=O)CCCCCCCCCCCCCCCCCCCCCCCCCCCCCCC/C=C\C/C=C\CCCCCCC)COP(=O)(O)OCC[N+](C)(C)C. The van der Waals surface area contributed by atoms with Gasteiger partial charge in [-0.2, -0.15) is 0 Å². The average molecular weight is 1230 g/mol. The Hall–Kier alpha value is -2.55. The Bertz CT molecular complexity index is 1680. The first kappa shape index (κ1) is 83.5. The summed E-state index contributed by atoms with van der Waals surface area (Å²) in [4.78, 5) is 35.8.